The van der Waals surface area contributed by atoms with Gasteiger partial charge in [-0.25, -0.2) is 4.98 Å². The first kappa shape index (κ1) is 13.9. The molecule has 0 spiro atoms. The van der Waals surface area contributed by atoms with Gasteiger partial charge < -0.3 is 10.6 Å². The predicted molar refractivity (Wildman–Crippen MR) is 83.9 cm³/mol. The first-order valence-electron chi connectivity index (χ1n) is 8.22. The van der Waals surface area contributed by atoms with Crippen molar-refractivity contribution < 1.29 is 0 Å². The van der Waals surface area contributed by atoms with Gasteiger partial charge in [0.15, 0.2) is 0 Å². The van der Waals surface area contributed by atoms with E-state index in [4.69, 9.17) is 10.7 Å². The van der Waals surface area contributed by atoms with E-state index in [9.17, 15) is 0 Å². The Labute approximate surface area is 122 Å². The molecule has 2 fully saturated rings. The lowest BCUT2D eigenvalue weighted by molar-refractivity contribution is 0.428. The molecule has 2 unspecified atom stereocenters. The van der Waals surface area contributed by atoms with Crippen LogP contribution in [-0.4, -0.2) is 23.6 Å². The molecule has 0 bridgehead atoms. The number of anilines is 1. The van der Waals surface area contributed by atoms with Gasteiger partial charge in [0.05, 0.1) is 0 Å². The summed E-state index contributed by atoms with van der Waals surface area (Å²) in [5, 5.41) is 0. The van der Waals surface area contributed by atoms with Crippen molar-refractivity contribution in [3.8, 4) is 0 Å². The van der Waals surface area contributed by atoms with Gasteiger partial charge in [-0.2, -0.15) is 0 Å². The minimum absolute atomic E-state index is 0.200. The molecule has 2 aliphatic rings. The molecule has 1 aromatic rings. The molecule has 1 saturated heterocycles. The smallest absolute Gasteiger partial charge is 0.132 e. The molecule has 1 aliphatic heterocycles. The van der Waals surface area contributed by atoms with E-state index in [-0.39, 0.29) is 6.04 Å². The second-order valence-electron chi connectivity index (χ2n) is 6.62. The third-order valence-corrected chi connectivity index (χ3v) is 4.92. The Bertz CT molecular complexity index is 438. The Morgan fingerprint density at radius 2 is 2.10 bits per heavy atom. The normalized spacial score (nSPS) is 25.3. The van der Waals surface area contributed by atoms with Crippen molar-refractivity contribution in [1.29, 1.82) is 0 Å². The zero-order chi connectivity index (χ0) is 13.9. The number of hydrogen-bond acceptors (Lipinski definition) is 3. The van der Waals surface area contributed by atoms with Crippen LogP contribution in [0.3, 0.4) is 0 Å². The second kappa shape index (κ2) is 6.13. The summed E-state index contributed by atoms with van der Waals surface area (Å²) in [7, 11) is 0. The van der Waals surface area contributed by atoms with Crippen molar-refractivity contribution in [2.45, 2.75) is 64.0 Å². The lowest BCUT2D eigenvalue weighted by Crippen LogP contribution is -2.36. The van der Waals surface area contributed by atoms with E-state index in [0.717, 1.165) is 18.4 Å². The van der Waals surface area contributed by atoms with E-state index in [1.54, 1.807) is 0 Å². The van der Waals surface area contributed by atoms with Crippen LogP contribution in [0.25, 0.3) is 0 Å². The molecule has 3 nitrogen and oxygen atoms in total. The maximum atomic E-state index is 6.00. The molecule has 0 amide bonds. The van der Waals surface area contributed by atoms with Crippen molar-refractivity contribution in [2.75, 3.05) is 11.4 Å². The summed E-state index contributed by atoms with van der Waals surface area (Å²) in [5.74, 6) is 2.10. The molecule has 20 heavy (non-hydrogen) atoms. The highest BCUT2D eigenvalue weighted by atomic mass is 15.2. The van der Waals surface area contributed by atoms with E-state index in [2.05, 4.69) is 17.9 Å². The maximum Gasteiger partial charge on any atom is 0.132 e. The molecule has 0 radical (unpaired) electrons. The van der Waals surface area contributed by atoms with Crippen molar-refractivity contribution in [1.82, 2.24) is 4.98 Å². The van der Waals surface area contributed by atoms with Crippen molar-refractivity contribution in [2.24, 2.45) is 11.7 Å². The third kappa shape index (κ3) is 2.83. The molecule has 1 saturated carbocycles. The SMILES string of the molecule is CC(N)Cc1cccnc1N1CCCC1C1CCCC1. The quantitative estimate of drug-likeness (QED) is 0.916. The third-order valence-electron chi connectivity index (χ3n) is 4.92. The molecular weight excluding hydrogens is 246 g/mol. The summed E-state index contributed by atoms with van der Waals surface area (Å²) < 4.78 is 0. The largest absolute Gasteiger partial charge is 0.353 e. The summed E-state index contributed by atoms with van der Waals surface area (Å²) in [5.41, 5.74) is 7.33. The van der Waals surface area contributed by atoms with E-state index < -0.39 is 0 Å². The van der Waals surface area contributed by atoms with Gasteiger partial charge in [-0.05, 0) is 56.6 Å². The van der Waals surface area contributed by atoms with Crippen molar-refractivity contribution >= 4 is 5.82 Å². The van der Waals surface area contributed by atoms with Crippen LogP contribution in [-0.2, 0) is 6.42 Å². The number of rotatable bonds is 4. The minimum atomic E-state index is 0.200. The van der Waals surface area contributed by atoms with Gasteiger partial charge in [0.2, 0.25) is 0 Å². The average molecular weight is 273 g/mol. The Balaban J connectivity index is 1.83. The predicted octanol–water partition coefficient (Wildman–Crippen LogP) is 3.13. The Morgan fingerprint density at radius 1 is 1.30 bits per heavy atom. The summed E-state index contributed by atoms with van der Waals surface area (Å²) in [6, 6.07) is 5.17. The van der Waals surface area contributed by atoms with Crippen LogP contribution in [0.5, 0.6) is 0 Å². The highest BCUT2D eigenvalue weighted by Gasteiger charge is 2.34. The monoisotopic (exact) mass is 273 g/mol. The topological polar surface area (TPSA) is 42.1 Å². The van der Waals surface area contributed by atoms with Gasteiger partial charge >= 0.3 is 0 Å². The highest BCUT2D eigenvalue weighted by Crippen LogP contribution is 2.38. The van der Waals surface area contributed by atoms with Gasteiger partial charge in [-0.3, -0.25) is 0 Å². The molecule has 2 N–H and O–H groups in total. The fourth-order valence-electron chi connectivity index (χ4n) is 4.08. The van der Waals surface area contributed by atoms with Crippen LogP contribution in [0.2, 0.25) is 0 Å². The molecule has 110 valence electrons. The van der Waals surface area contributed by atoms with Gasteiger partial charge in [0.1, 0.15) is 5.82 Å². The number of nitrogens with zero attached hydrogens (tertiary/aromatic N) is 2. The van der Waals surface area contributed by atoms with Crippen molar-refractivity contribution in [3.05, 3.63) is 23.9 Å². The first-order valence-corrected chi connectivity index (χ1v) is 8.22. The number of aromatic nitrogens is 1. The molecule has 3 heteroatoms. The van der Waals surface area contributed by atoms with Crippen LogP contribution in [0.15, 0.2) is 18.3 Å². The second-order valence-corrected chi connectivity index (χ2v) is 6.62. The molecule has 2 heterocycles. The molecule has 1 aromatic heterocycles. The molecule has 1 aliphatic carbocycles. The standard InChI is InChI=1S/C17H27N3/c1-13(18)12-15-8-4-10-19-17(15)20-11-5-9-16(20)14-6-2-3-7-14/h4,8,10,13-14,16H,2-3,5-7,9,11-12,18H2,1H3. The van der Waals surface area contributed by atoms with E-state index >= 15 is 0 Å². The fourth-order valence-corrected chi connectivity index (χ4v) is 4.08. The molecule has 0 aromatic carbocycles. The summed E-state index contributed by atoms with van der Waals surface area (Å²) in [4.78, 5) is 7.30. The molecular formula is C17H27N3. The van der Waals surface area contributed by atoms with Crippen LogP contribution in [0.4, 0.5) is 5.82 Å². The van der Waals surface area contributed by atoms with Gasteiger partial charge in [0, 0.05) is 24.8 Å². The lowest BCUT2D eigenvalue weighted by Gasteiger charge is -2.32. The Hall–Kier alpha value is -1.09. The lowest BCUT2D eigenvalue weighted by atomic mass is 9.95. The maximum absolute atomic E-state index is 6.00. The number of nitrogens with two attached hydrogens (primary N) is 1. The van der Waals surface area contributed by atoms with Gasteiger partial charge in [-0.1, -0.05) is 18.9 Å². The Morgan fingerprint density at radius 3 is 2.85 bits per heavy atom. The fraction of sp³-hybridized carbons (Fsp3) is 0.706. The average Bonchev–Trinajstić information content (AvgIpc) is 3.09. The van der Waals surface area contributed by atoms with Crippen LogP contribution in [0, 0.1) is 5.92 Å². The van der Waals surface area contributed by atoms with Crippen LogP contribution in [0.1, 0.15) is 51.0 Å². The zero-order valence-electron chi connectivity index (χ0n) is 12.6. The van der Waals surface area contributed by atoms with Crippen LogP contribution >= 0.6 is 0 Å². The Kier molecular flexibility index (Phi) is 4.25. The molecule has 2 atom stereocenters. The van der Waals surface area contributed by atoms with E-state index in [1.807, 2.05) is 12.3 Å². The van der Waals surface area contributed by atoms with Gasteiger partial charge in [-0.15, -0.1) is 0 Å². The highest BCUT2D eigenvalue weighted by molar-refractivity contribution is 5.49. The van der Waals surface area contributed by atoms with Crippen molar-refractivity contribution in [3.63, 3.8) is 0 Å². The zero-order valence-corrected chi connectivity index (χ0v) is 12.6. The summed E-state index contributed by atoms with van der Waals surface area (Å²) in [6.45, 7) is 3.25. The summed E-state index contributed by atoms with van der Waals surface area (Å²) in [6.07, 6.45) is 11.2. The summed E-state index contributed by atoms with van der Waals surface area (Å²) >= 11 is 0. The first-order chi connectivity index (χ1) is 9.75. The number of hydrogen-bond donors (Lipinski definition) is 1. The van der Waals surface area contributed by atoms with E-state index in [0.29, 0.717) is 0 Å². The minimum Gasteiger partial charge on any atom is -0.353 e. The van der Waals surface area contributed by atoms with Gasteiger partial charge in [0.25, 0.3) is 0 Å². The van der Waals surface area contributed by atoms with E-state index in [1.165, 1.54) is 56.5 Å². The number of pyridine rings is 1. The van der Waals surface area contributed by atoms with Crippen LogP contribution < -0.4 is 10.6 Å². The molecule has 3 rings (SSSR count).